The van der Waals surface area contributed by atoms with Crippen molar-refractivity contribution in [1.29, 1.82) is 0 Å². The summed E-state index contributed by atoms with van der Waals surface area (Å²) in [4.78, 5) is 8.17. The van der Waals surface area contributed by atoms with Gasteiger partial charge in [0.1, 0.15) is 0 Å². The van der Waals surface area contributed by atoms with Crippen LogP contribution in [0.15, 0.2) is 41.4 Å². The SMILES string of the molecule is CNC(Cc1cncc(Br)c1)c1ccncc1Cl. The van der Waals surface area contributed by atoms with Crippen LogP contribution in [0.1, 0.15) is 17.2 Å². The minimum Gasteiger partial charge on any atom is -0.313 e. The van der Waals surface area contributed by atoms with Crippen molar-refractivity contribution in [2.75, 3.05) is 7.05 Å². The summed E-state index contributed by atoms with van der Waals surface area (Å²) in [5.74, 6) is 0. The van der Waals surface area contributed by atoms with Gasteiger partial charge < -0.3 is 5.32 Å². The quantitative estimate of drug-likeness (QED) is 0.936. The first kappa shape index (κ1) is 13.5. The molecule has 0 spiro atoms. The van der Waals surface area contributed by atoms with Crippen molar-refractivity contribution in [1.82, 2.24) is 15.3 Å². The smallest absolute Gasteiger partial charge is 0.0637 e. The van der Waals surface area contributed by atoms with E-state index in [1.807, 2.05) is 19.3 Å². The molecule has 3 nitrogen and oxygen atoms in total. The second-order valence-corrected chi connectivity index (χ2v) is 5.28. The van der Waals surface area contributed by atoms with Crippen LogP contribution in [0.2, 0.25) is 5.02 Å². The minimum absolute atomic E-state index is 0.150. The fraction of sp³-hybridized carbons (Fsp3) is 0.231. The van der Waals surface area contributed by atoms with Crippen LogP contribution < -0.4 is 5.32 Å². The highest BCUT2D eigenvalue weighted by atomic mass is 79.9. The van der Waals surface area contributed by atoms with Gasteiger partial charge in [-0.05, 0) is 52.7 Å². The van der Waals surface area contributed by atoms with Gasteiger partial charge in [-0.15, -0.1) is 0 Å². The number of nitrogens with one attached hydrogen (secondary N) is 1. The van der Waals surface area contributed by atoms with Crippen molar-refractivity contribution < 1.29 is 0 Å². The van der Waals surface area contributed by atoms with Crippen LogP contribution in [0.3, 0.4) is 0 Å². The Bertz CT molecular complexity index is 533. The number of pyridine rings is 2. The Morgan fingerprint density at radius 1 is 1.33 bits per heavy atom. The van der Waals surface area contributed by atoms with Gasteiger partial charge >= 0.3 is 0 Å². The molecule has 0 fully saturated rings. The molecule has 0 radical (unpaired) electrons. The van der Waals surface area contributed by atoms with Gasteiger partial charge in [0.05, 0.1) is 5.02 Å². The minimum atomic E-state index is 0.150. The van der Waals surface area contributed by atoms with Crippen molar-refractivity contribution >= 4 is 27.5 Å². The van der Waals surface area contributed by atoms with Crippen LogP contribution in [-0.2, 0) is 6.42 Å². The Balaban J connectivity index is 2.23. The highest BCUT2D eigenvalue weighted by Crippen LogP contribution is 2.25. The zero-order valence-corrected chi connectivity index (χ0v) is 12.2. The highest BCUT2D eigenvalue weighted by molar-refractivity contribution is 9.10. The van der Waals surface area contributed by atoms with Crippen molar-refractivity contribution in [3.05, 3.63) is 57.5 Å². The van der Waals surface area contributed by atoms with Crippen LogP contribution in [0.5, 0.6) is 0 Å². The molecule has 94 valence electrons. The summed E-state index contributed by atoms with van der Waals surface area (Å²) >= 11 is 9.59. The van der Waals surface area contributed by atoms with E-state index in [4.69, 9.17) is 11.6 Å². The van der Waals surface area contributed by atoms with Gasteiger partial charge in [-0.2, -0.15) is 0 Å². The molecular weight excluding hydrogens is 314 g/mol. The summed E-state index contributed by atoms with van der Waals surface area (Å²) in [5, 5.41) is 3.95. The molecule has 0 aliphatic carbocycles. The molecule has 1 unspecified atom stereocenters. The van der Waals surface area contributed by atoms with Gasteiger partial charge in [-0.3, -0.25) is 9.97 Å². The van der Waals surface area contributed by atoms with Crippen molar-refractivity contribution in [3.63, 3.8) is 0 Å². The first-order valence-corrected chi connectivity index (χ1v) is 6.74. The average molecular weight is 327 g/mol. The number of hydrogen-bond donors (Lipinski definition) is 1. The Hall–Kier alpha value is -0.970. The molecule has 0 aliphatic heterocycles. The Labute approximate surface area is 120 Å². The Morgan fingerprint density at radius 3 is 2.83 bits per heavy atom. The monoisotopic (exact) mass is 325 g/mol. The van der Waals surface area contributed by atoms with E-state index in [2.05, 4.69) is 37.3 Å². The zero-order chi connectivity index (χ0) is 13.0. The standard InChI is InChI=1S/C13H13BrClN3/c1-16-13(11-2-3-17-8-12(11)15)5-9-4-10(14)7-18-6-9/h2-4,6-8,13,16H,5H2,1H3. The Morgan fingerprint density at radius 2 is 2.17 bits per heavy atom. The summed E-state index contributed by atoms with van der Waals surface area (Å²) in [7, 11) is 1.92. The third kappa shape index (κ3) is 3.28. The van der Waals surface area contributed by atoms with E-state index in [9.17, 15) is 0 Å². The molecule has 2 rings (SSSR count). The maximum Gasteiger partial charge on any atom is 0.0637 e. The van der Waals surface area contributed by atoms with Crippen molar-refractivity contribution in [3.8, 4) is 0 Å². The van der Waals surface area contributed by atoms with E-state index in [-0.39, 0.29) is 6.04 Å². The lowest BCUT2D eigenvalue weighted by molar-refractivity contribution is 0.590. The van der Waals surface area contributed by atoms with Gasteiger partial charge in [-0.1, -0.05) is 11.6 Å². The lowest BCUT2D eigenvalue weighted by Crippen LogP contribution is -2.19. The predicted molar refractivity (Wildman–Crippen MR) is 76.7 cm³/mol. The summed E-state index contributed by atoms with van der Waals surface area (Å²) in [6, 6.07) is 4.15. The number of nitrogens with zero attached hydrogens (tertiary/aromatic N) is 2. The fourth-order valence-corrected chi connectivity index (χ4v) is 2.50. The van der Waals surface area contributed by atoms with E-state index in [1.54, 1.807) is 18.6 Å². The van der Waals surface area contributed by atoms with Crippen LogP contribution in [0, 0.1) is 0 Å². The van der Waals surface area contributed by atoms with Gasteiger partial charge in [-0.25, -0.2) is 0 Å². The van der Waals surface area contributed by atoms with Crippen LogP contribution in [0.25, 0.3) is 0 Å². The van der Waals surface area contributed by atoms with Crippen LogP contribution >= 0.6 is 27.5 Å². The van der Waals surface area contributed by atoms with Gasteiger partial charge in [0, 0.05) is 35.3 Å². The van der Waals surface area contributed by atoms with E-state index >= 15 is 0 Å². The fourth-order valence-electron chi connectivity index (χ4n) is 1.84. The highest BCUT2D eigenvalue weighted by Gasteiger charge is 2.13. The second-order valence-electron chi connectivity index (χ2n) is 3.95. The summed E-state index contributed by atoms with van der Waals surface area (Å²) < 4.78 is 0.982. The molecule has 2 aromatic heterocycles. The molecule has 1 N–H and O–H groups in total. The maximum atomic E-state index is 6.17. The molecule has 0 saturated heterocycles. The molecule has 18 heavy (non-hydrogen) atoms. The molecule has 2 aromatic rings. The first-order valence-electron chi connectivity index (χ1n) is 5.57. The van der Waals surface area contributed by atoms with Crippen LogP contribution in [-0.4, -0.2) is 17.0 Å². The molecule has 2 heterocycles. The lowest BCUT2D eigenvalue weighted by atomic mass is 10.0. The van der Waals surface area contributed by atoms with Crippen molar-refractivity contribution in [2.45, 2.75) is 12.5 Å². The van der Waals surface area contributed by atoms with Gasteiger partial charge in [0.15, 0.2) is 0 Å². The molecule has 0 aliphatic rings. The molecular formula is C13H13BrClN3. The summed E-state index contributed by atoms with van der Waals surface area (Å²) in [6.45, 7) is 0. The largest absolute Gasteiger partial charge is 0.313 e. The zero-order valence-electron chi connectivity index (χ0n) is 9.90. The van der Waals surface area contributed by atoms with E-state index < -0.39 is 0 Å². The topological polar surface area (TPSA) is 37.8 Å². The molecule has 1 atom stereocenters. The van der Waals surface area contributed by atoms with E-state index in [0.29, 0.717) is 5.02 Å². The van der Waals surface area contributed by atoms with Gasteiger partial charge in [0.25, 0.3) is 0 Å². The third-order valence-corrected chi connectivity index (χ3v) is 3.48. The second kappa shape index (κ2) is 6.27. The summed E-state index contributed by atoms with van der Waals surface area (Å²) in [6.07, 6.45) is 7.89. The number of aromatic nitrogens is 2. The molecule has 0 bridgehead atoms. The molecule has 0 amide bonds. The molecule has 0 aromatic carbocycles. The molecule has 0 saturated carbocycles. The Kier molecular flexibility index (Phi) is 4.69. The first-order chi connectivity index (χ1) is 8.70. The van der Waals surface area contributed by atoms with E-state index in [0.717, 1.165) is 22.0 Å². The van der Waals surface area contributed by atoms with Gasteiger partial charge in [0.2, 0.25) is 0 Å². The average Bonchev–Trinajstić information content (AvgIpc) is 2.37. The summed E-state index contributed by atoms with van der Waals surface area (Å²) in [5.41, 5.74) is 2.20. The number of likely N-dealkylation sites (N-methyl/N-ethyl adjacent to an activating group) is 1. The third-order valence-electron chi connectivity index (χ3n) is 2.73. The van der Waals surface area contributed by atoms with Crippen molar-refractivity contribution in [2.24, 2.45) is 0 Å². The number of halogens is 2. The maximum absolute atomic E-state index is 6.17. The number of rotatable bonds is 4. The molecule has 5 heteroatoms. The lowest BCUT2D eigenvalue weighted by Gasteiger charge is -2.17. The van der Waals surface area contributed by atoms with E-state index in [1.165, 1.54) is 0 Å². The number of hydrogen-bond acceptors (Lipinski definition) is 3. The normalized spacial score (nSPS) is 12.4. The predicted octanol–water partition coefficient (Wildman–Crippen LogP) is 3.40. The van der Waals surface area contributed by atoms with Crippen LogP contribution in [0.4, 0.5) is 0 Å².